The Morgan fingerprint density at radius 3 is 2.38 bits per heavy atom. The minimum atomic E-state index is -1.65. The number of ketones is 1. The largest absolute Gasteiger partial charge is 0.466 e. The van der Waals surface area contributed by atoms with Crippen molar-refractivity contribution in [3.8, 4) is 0 Å². The molecular weight excluding hydrogens is 468 g/mol. The van der Waals surface area contributed by atoms with Crippen LogP contribution in [0.1, 0.15) is 38.7 Å². The first-order valence-corrected chi connectivity index (χ1v) is 12.7. The van der Waals surface area contributed by atoms with Crippen LogP contribution in [-0.4, -0.2) is 44.9 Å². The highest BCUT2D eigenvalue weighted by Gasteiger charge is 2.63. The lowest BCUT2D eigenvalue weighted by molar-refractivity contribution is -0.138. The second kappa shape index (κ2) is 9.10. The number of amides is 1. The summed E-state index contributed by atoms with van der Waals surface area (Å²) in [6, 6.07) is 15.1. The van der Waals surface area contributed by atoms with Gasteiger partial charge in [0.25, 0.3) is 0 Å². The number of fused-ring (bicyclic) bond motifs is 3. The summed E-state index contributed by atoms with van der Waals surface area (Å²) in [6.07, 6.45) is 1.48. The molecule has 0 aromatic heterocycles. The minimum Gasteiger partial charge on any atom is -0.466 e. The minimum absolute atomic E-state index is 0.0152. The maximum atomic E-state index is 14.2. The molecule has 2 N–H and O–H groups in total. The van der Waals surface area contributed by atoms with Gasteiger partial charge in [-0.15, -0.1) is 0 Å². The van der Waals surface area contributed by atoms with Gasteiger partial charge in [-0.25, -0.2) is 4.79 Å². The highest BCUT2D eigenvalue weighted by molar-refractivity contribution is 6.24. The first-order valence-electron chi connectivity index (χ1n) is 12.7. The van der Waals surface area contributed by atoms with E-state index in [1.165, 1.54) is 12.0 Å². The summed E-state index contributed by atoms with van der Waals surface area (Å²) in [5.74, 6) is -1.16. The fourth-order valence-electron chi connectivity index (χ4n) is 6.15. The Kier molecular flexibility index (Phi) is 6.06. The van der Waals surface area contributed by atoms with Gasteiger partial charge in [0, 0.05) is 60.5 Å². The lowest BCUT2D eigenvalue weighted by Crippen LogP contribution is -2.54. The summed E-state index contributed by atoms with van der Waals surface area (Å²) in [4.78, 5) is 46.9. The molecule has 0 saturated heterocycles. The SMILES string of the molecule is CCN(CC)c1ccc(N2C(N)=C(C(=O)OC)C3(C(=O)N(C)c4ccccc43)C3=C2CCCC3=O)cc1. The third kappa shape index (κ3) is 3.31. The Morgan fingerprint density at radius 1 is 1.05 bits per heavy atom. The zero-order valence-electron chi connectivity index (χ0n) is 21.7. The molecule has 3 aliphatic rings. The van der Waals surface area contributed by atoms with Crippen LogP contribution in [0.15, 0.2) is 71.2 Å². The molecule has 37 heavy (non-hydrogen) atoms. The average Bonchev–Trinajstić information content (AvgIpc) is 3.12. The Balaban J connectivity index is 1.81. The monoisotopic (exact) mass is 500 g/mol. The number of carbonyl (C=O) groups excluding carboxylic acids is 3. The third-order valence-electron chi connectivity index (χ3n) is 7.82. The number of methoxy groups -OCH3 is 1. The van der Waals surface area contributed by atoms with E-state index in [9.17, 15) is 14.4 Å². The van der Waals surface area contributed by atoms with Gasteiger partial charge >= 0.3 is 5.97 Å². The third-order valence-corrected chi connectivity index (χ3v) is 7.82. The van der Waals surface area contributed by atoms with E-state index in [4.69, 9.17) is 10.5 Å². The molecule has 2 aromatic carbocycles. The summed E-state index contributed by atoms with van der Waals surface area (Å²) < 4.78 is 5.21. The topological polar surface area (TPSA) is 96.2 Å². The smallest absolute Gasteiger partial charge is 0.339 e. The van der Waals surface area contributed by atoms with E-state index >= 15 is 0 Å². The molecule has 1 atom stereocenters. The summed E-state index contributed by atoms with van der Waals surface area (Å²) in [5.41, 5.74) is 9.16. The van der Waals surface area contributed by atoms with Gasteiger partial charge < -0.3 is 20.3 Å². The van der Waals surface area contributed by atoms with Gasteiger partial charge in [-0.2, -0.15) is 0 Å². The normalized spacial score (nSPS) is 21.0. The zero-order chi connectivity index (χ0) is 26.5. The maximum absolute atomic E-state index is 14.2. The van der Waals surface area contributed by atoms with E-state index in [0.29, 0.717) is 41.8 Å². The van der Waals surface area contributed by atoms with E-state index < -0.39 is 11.4 Å². The Hall–Kier alpha value is -4.07. The molecule has 1 spiro atoms. The lowest BCUT2D eigenvalue weighted by Gasteiger charge is -2.44. The Bertz CT molecular complexity index is 1360. The van der Waals surface area contributed by atoms with E-state index in [0.717, 1.165) is 24.5 Å². The number of esters is 1. The molecule has 5 rings (SSSR count). The van der Waals surface area contributed by atoms with Gasteiger partial charge in [0.1, 0.15) is 16.8 Å². The van der Waals surface area contributed by atoms with E-state index in [1.807, 2.05) is 42.5 Å². The number of anilines is 3. The second-order valence-corrected chi connectivity index (χ2v) is 9.51. The van der Waals surface area contributed by atoms with E-state index in [-0.39, 0.29) is 23.1 Å². The summed E-state index contributed by atoms with van der Waals surface area (Å²) >= 11 is 0. The maximum Gasteiger partial charge on any atom is 0.339 e. The van der Waals surface area contributed by atoms with Gasteiger partial charge in [-0.3, -0.25) is 14.5 Å². The second-order valence-electron chi connectivity index (χ2n) is 9.51. The molecule has 1 unspecified atom stereocenters. The van der Waals surface area contributed by atoms with Crippen molar-refractivity contribution in [3.63, 3.8) is 0 Å². The summed E-state index contributed by atoms with van der Waals surface area (Å²) in [5, 5.41) is 0. The van der Waals surface area contributed by atoms with E-state index in [2.05, 4.69) is 18.7 Å². The average molecular weight is 501 g/mol. The van der Waals surface area contributed by atoms with Gasteiger partial charge in [0.15, 0.2) is 5.78 Å². The van der Waals surface area contributed by atoms with Crippen LogP contribution in [0.25, 0.3) is 0 Å². The fraction of sp³-hybridized carbons (Fsp3) is 0.345. The van der Waals surface area contributed by atoms with Crippen molar-refractivity contribution in [2.24, 2.45) is 5.73 Å². The molecule has 1 aliphatic carbocycles. The van der Waals surface area contributed by atoms with Crippen LogP contribution >= 0.6 is 0 Å². The number of carbonyl (C=O) groups is 3. The number of rotatable bonds is 5. The van der Waals surface area contributed by atoms with Crippen molar-refractivity contribution < 1.29 is 19.1 Å². The molecule has 2 aromatic rings. The molecule has 1 amide bonds. The Morgan fingerprint density at radius 2 is 1.73 bits per heavy atom. The molecule has 2 heterocycles. The van der Waals surface area contributed by atoms with Crippen molar-refractivity contribution in [1.82, 2.24) is 0 Å². The van der Waals surface area contributed by atoms with Crippen molar-refractivity contribution in [3.05, 3.63) is 76.8 Å². The van der Waals surface area contributed by atoms with Crippen LogP contribution in [0.5, 0.6) is 0 Å². The van der Waals surface area contributed by atoms with Crippen molar-refractivity contribution in [2.45, 2.75) is 38.5 Å². The van der Waals surface area contributed by atoms with E-state index in [1.54, 1.807) is 18.0 Å². The van der Waals surface area contributed by atoms with Crippen LogP contribution in [-0.2, 0) is 24.5 Å². The number of nitrogens with zero attached hydrogens (tertiary/aromatic N) is 3. The number of nitrogens with two attached hydrogens (primary N) is 1. The highest BCUT2D eigenvalue weighted by atomic mass is 16.5. The predicted octanol–water partition coefficient (Wildman–Crippen LogP) is 3.62. The number of hydrogen-bond donors (Lipinski definition) is 1. The van der Waals surface area contributed by atoms with Crippen LogP contribution in [0.4, 0.5) is 17.1 Å². The predicted molar refractivity (Wildman–Crippen MR) is 143 cm³/mol. The molecule has 0 radical (unpaired) electrons. The van der Waals surface area contributed by atoms with Crippen molar-refractivity contribution in [2.75, 3.05) is 41.9 Å². The number of benzene rings is 2. The van der Waals surface area contributed by atoms with Crippen LogP contribution in [0.2, 0.25) is 0 Å². The summed E-state index contributed by atoms with van der Waals surface area (Å²) in [6.45, 7) is 5.94. The van der Waals surface area contributed by atoms with Gasteiger partial charge in [0.05, 0.1) is 7.11 Å². The molecule has 2 aliphatic heterocycles. The molecular formula is C29H32N4O4. The highest BCUT2D eigenvalue weighted by Crippen LogP contribution is 2.56. The number of ether oxygens (including phenoxy) is 1. The lowest BCUT2D eigenvalue weighted by atomic mass is 9.63. The number of hydrogen-bond acceptors (Lipinski definition) is 7. The molecule has 0 fully saturated rings. The first kappa shape index (κ1) is 24.6. The number of Topliss-reactive ketones (excluding diaryl/α,β-unsaturated/α-hetero) is 1. The molecule has 8 nitrogen and oxygen atoms in total. The van der Waals surface area contributed by atoms with Crippen LogP contribution in [0.3, 0.4) is 0 Å². The zero-order valence-corrected chi connectivity index (χ0v) is 21.7. The summed E-state index contributed by atoms with van der Waals surface area (Å²) in [7, 11) is 2.92. The fourth-order valence-corrected chi connectivity index (χ4v) is 6.15. The Labute approximate surface area is 217 Å². The molecule has 192 valence electrons. The molecule has 8 heteroatoms. The molecule has 0 saturated carbocycles. The first-order chi connectivity index (χ1) is 17.8. The van der Waals surface area contributed by atoms with Gasteiger partial charge in [-0.1, -0.05) is 18.2 Å². The van der Waals surface area contributed by atoms with Crippen molar-refractivity contribution in [1.29, 1.82) is 0 Å². The van der Waals surface area contributed by atoms with Crippen molar-refractivity contribution >= 4 is 34.7 Å². The van der Waals surface area contributed by atoms with Crippen LogP contribution in [0, 0.1) is 0 Å². The number of para-hydroxylation sites is 1. The standard InChI is InChI=1S/C29H32N4O4/c1-5-32(6-2)18-14-16-19(17-15-18)33-22-12-9-13-23(34)24(22)29(25(26(33)30)27(35)37-4)20-10-7-8-11-21(20)31(3)28(29)36/h7-8,10-11,14-17H,5-6,9,12-13,30H2,1-4H3. The van der Waals surface area contributed by atoms with Gasteiger partial charge in [-0.05, 0) is 57.0 Å². The number of likely N-dealkylation sites (N-methyl/N-ethyl adjacent to an activating group) is 1. The van der Waals surface area contributed by atoms with Crippen LogP contribution < -0.4 is 20.4 Å². The number of allylic oxidation sites excluding steroid dienone is 1. The quantitative estimate of drug-likeness (QED) is 0.627. The molecule has 0 bridgehead atoms. The van der Waals surface area contributed by atoms with Gasteiger partial charge in [0.2, 0.25) is 5.91 Å².